The van der Waals surface area contributed by atoms with Gasteiger partial charge in [-0.25, -0.2) is 9.97 Å². The number of nitriles is 1. The Hall–Kier alpha value is -1.48. The van der Waals surface area contributed by atoms with Crippen LogP contribution in [0.1, 0.15) is 36.6 Å². The van der Waals surface area contributed by atoms with Crippen molar-refractivity contribution in [3.05, 3.63) is 45.1 Å². The van der Waals surface area contributed by atoms with E-state index in [-0.39, 0.29) is 11.7 Å². The van der Waals surface area contributed by atoms with Crippen molar-refractivity contribution in [3.63, 3.8) is 0 Å². The number of nitrogen functional groups attached to an aromatic ring is 1. The molecule has 22 heavy (non-hydrogen) atoms. The standard InChI is InChI=1S/C15H14Cl2N4S/c1-8(2)13-11(6-18)14(19)21-15(20-13)22-7-9-3-4-10(16)5-12(9)17/h3-5,8H,7H2,1-2H3,(H2,19,20,21). The number of benzene rings is 1. The third-order valence-electron chi connectivity index (χ3n) is 2.98. The van der Waals surface area contributed by atoms with E-state index in [1.165, 1.54) is 11.8 Å². The van der Waals surface area contributed by atoms with E-state index in [9.17, 15) is 0 Å². The fourth-order valence-electron chi connectivity index (χ4n) is 1.85. The van der Waals surface area contributed by atoms with E-state index in [0.717, 1.165) is 5.56 Å². The Kier molecular flexibility index (Phi) is 5.52. The molecule has 0 bridgehead atoms. The molecule has 0 radical (unpaired) electrons. The van der Waals surface area contributed by atoms with Gasteiger partial charge in [0.25, 0.3) is 0 Å². The number of hydrogen-bond donors (Lipinski definition) is 1. The van der Waals surface area contributed by atoms with Gasteiger partial charge in [-0.15, -0.1) is 0 Å². The van der Waals surface area contributed by atoms with Gasteiger partial charge in [0, 0.05) is 15.8 Å². The third kappa shape index (κ3) is 3.83. The molecule has 2 N–H and O–H groups in total. The van der Waals surface area contributed by atoms with Crippen molar-refractivity contribution in [3.8, 4) is 6.07 Å². The lowest BCUT2D eigenvalue weighted by atomic mass is 10.1. The Bertz CT molecular complexity index is 741. The van der Waals surface area contributed by atoms with Crippen LogP contribution in [0.4, 0.5) is 5.82 Å². The molecule has 1 heterocycles. The highest BCUT2D eigenvalue weighted by Crippen LogP contribution is 2.29. The predicted octanol–water partition coefficient (Wildman–Crippen LogP) is 4.65. The summed E-state index contributed by atoms with van der Waals surface area (Å²) < 4.78 is 0. The van der Waals surface area contributed by atoms with Crippen LogP contribution in [0.15, 0.2) is 23.4 Å². The largest absolute Gasteiger partial charge is 0.382 e. The molecule has 0 aliphatic heterocycles. The summed E-state index contributed by atoms with van der Waals surface area (Å²) in [5.74, 6) is 0.906. The van der Waals surface area contributed by atoms with Crippen LogP contribution in [0.5, 0.6) is 0 Å². The maximum Gasteiger partial charge on any atom is 0.190 e. The molecule has 114 valence electrons. The van der Waals surface area contributed by atoms with Crippen LogP contribution in [-0.4, -0.2) is 9.97 Å². The third-order valence-corrected chi connectivity index (χ3v) is 4.46. The van der Waals surface area contributed by atoms with Crippen LogP contribution in [0, 0.1) is 11.3 Å². The van der Waals surface area contributed by atoms with Crippen molar-refractivity contribution in [1.82, 2.24) is 9.97 Å². The second-order valence-electron chi connectivity index (χ2n) is 4.94. The van der Waals surface area contributed by atoms with Gasteiger partial charge in [-0.2, -0.15) is 5.26 Å². The number of halogens is 2. The summed E-state index contributed by atoms with van der Waals surface area (Å²) in [5, 5.41) is 10.9. The molecular formula is C15H14Cl2N4S. The van der Waals surface area contributed by atoms with Gasteiger partial charge in [-0.3, -0.25) is 0 Å². The van der Waals surface area contributed by atoms with Gasteiger partial charge in [-0.1, -0.05) is 54.9 Å². The Morgan fingerprint density at radius 3 is 2.64 bits per heavy atom. The molecule has 1 aromatic carbocycles. The van der Waals surface area contributed by atoms with Crippen LogP contribution in [0.2, 0.25) is 10.0 Å². The molecule has 0 saturated heterocycles. The number of aromatic nitrogens is 2. The number of rotatable bonds is 4. The van der Waals surface area contributed by atoms with Gasteiger partial charge in [0.2, 0.25) is 0 Å². The SMILES string of the molecule is CC(C)c1nc(SCc2ccc(Cl)cc2Cl)nc(N)c1C#N. The summed E-state index contributed by atoms with van der Waals surface area (Å²) in [4.78, 5) is 8.63. The average Bonchev–Trinajstić information content (AvgIpc) is 2.45. The van der Waals surface area contributed by atoms with Crippen LogP contribution in [0.25, 0.3) is 0 Å². The molecule has 4 nitrogen and oxygen atoms in total. The molecule has 0 amide bonds. The predicted molar refractivity (Wildman–Crippen MR) is 91.3 cm³/mol. The highest BCUT2D eigenvalue weighted by molar-refractivity contribution is 7.98. The van der Waals surface area contributed by atoms with E-state index < -0.39 is 0 Å². The molecule has 2 aromatic rings. The van der Waals surface area contributed by atoms with E-state index in [1.54, 1.807) is 12.1 Å². The molecule has 1 aromatic heterocycles. The first kappa shape index (κ1) is 16.9. The van der Waals surface area contributed by atoms with Crippen molar-refractivity contribution in [1.29, 1.82) is 5.26 Å². The minimum atomic E-state index is 0.0958. The molecular weight excluding hydrogens is 339 g/mol. The van der Waals surface area contributed by atoms with E-state index in [0.29, 0.717) is 32.2 Å². The van der Waals surface area contributed by atoms with Crippen LogP contribution in [0.3, 0.4) is 0 Å². The van der Waals surface area contributed by atoms with Crippen molar-refractivity contribution < 1.29 is 0 Å². The topological polar surface area (TPSA) is 75.6 Å². The first-order chi connectivity index (χ1) is 10.4. The first-order valence-corrected chi connectivity index (χ1v) is 8.30. The zero-order valence-corrected chi connectivity index (χ0v) is 14.4. The summed E-state index contributed by atoms with van der Waals surface area (Å²) in [6, 6.07) is 7.43. The van der Waals surface area contributed by atoms with Gasteiger partial charge in [0.15, 0.2) is 5.16 Å². The van der Waals surface area contributed by atoms with Crippen LogP contribution in [-0.2, 0) is 5.75 Å². The Morgan fingerprint density at radius 1 is 1.32 bits per heavy atom. The summed E-state index contributed by atoms with van der Waals surface area (Å²) in [6.45, 7) is 3.93. The number of thioether (sulfide) groups is 1. The molecule has 2 rings (SSSR count). The maximum absolute atomic E-state index is 9.16. The molecule has 0 aliphatic carbocycles. The fourth-order valence-corrected chi connectivity index (χ4v) is 3.27. The first-order valence-electron chi connectivity index (χ1n) is 6.56. The van der Waals surface area contributed by atoms with E-state index in [1.807, 2.05) is 19.9 Å². The van der Waals surface area contributed by atoms with Crippen molar-refractivity contribution in [2.24, 2.45) is 0 Å². The number of hydrogen-bond acceptors (Lipinski definition) is 5. The molecule has 0 atom stereocenters. The molecule has 0 aliphatic rings. The minimum absolute atomic E-state index is 0.0958. The van der Waals surface area contributed by atoms with Crippen molar-refractivity contribution >= 4 is 40.8 Å². The highest BCUT2D eigenvalue weighted by atomic mass is 35.5. The van der Waals surface area contributed by atoms with Gasteiger partial charge in [-0.05, 0) is 23.6 Å². The van der Waals surface area contributed by atoms with Gasteiger partial charge < -0.3 is 5.73 Å². The second kappa shape index (κ2) is 7.19. The molecule has 0 saturated carbocycles. The van der Waals surface area contributed by atoms with Gasteiger partial charge >= 0.3 is 0 Å². The quantitative estimate of drug-likeness (QED) is 0.639. The lowest BCUT2D eigenvalue weighted by Gasteiger charge is -2.11. The smallest absolute Gasteiger partial charge is 0.190 e. The second-order valence-corrected chi connectivity index (χ2v) is 6.73. The van der Waals surface area contributed by atoms with Crippen molar-refractivity contribution in [2.75, 3.05) is 5.73 Å². The van der Waals surface area contributed by atoms with Crippen LogP contribution >= 0.6 is 35.0 Å². The maximum atomic E-state index is 9.16. The van der Waals surface area contributed by atoms with Gasteiger partial charge in [0.05, 0.1) is 5.69 Å². The Morgan fingerprint density at radius 2 is 2.05 bits per heavy atom. The Balaban J connectivity index is 2.25. The van der Waals surface area contributed by atoms with E-state index in [4.69, 9.17) is 34.2 Å². The van der Waals surface area contributed by atoms with Crippen molar-refractivity contribution in [2.45, 2.75) is 30.7 Å². The zero-order valence-electron chi connectivity index (χ0n) is 12.1. The minimum Gasteiger partial charge on any atom is -0.382 e. The van der Waals surface area contributed by atoms with Gasteiger partial charge in [0.1, 0.15) is 17.5 Å². The number of nitrogens with zero attached hydrogens (tertiary/aromatic N) is 3. The lowest BCUT2D eigenvalue weighted by Crippen LogP contribution is -2.06. The molecule has 0 spiro atoms. The molecule has 0 unspecified atom stereocenters. The highest BCUT2D eigenvalue weighted by Gasteiger charge is 2.15. The lowest BCUT2D eigenvalue weighted by molar-refractivity contribution is 0.776. The number of anilines is 1. The van der Waals surface area contributed by atoms with E-state index in [2.05, 4.69) is 16.0 Å². The average molecular weight is 353 g/mol. The van der Waals surface area contributed by atoms with E-state index >= 15 is 0 Å². The summed E-state index contributed by atoms with van der Waals surface area (Å²) >= 11 is 13.5. The van der Waals surface area contributed by atoms with Crippen LogP contribution < -0.4 is 5.73 Å². The zero-order chi connectivity index (χ0) is 16.3. The Labute approximate surface area is 143 Å². The monoisotopic (exact) mass is 352 g/mol. The fraction of sp³-hybridized carbons (Fsp3) is 0.267. The summed E-state index contributed by atoms with van der Waals surface area (Å²) in [6.07, 6.45) is 0. The molecule has 7 heteroatoms. The number of nitrogens with two attached hydrogens (primary N) is 1. The normalized spacial score (nSPS) is 10.7. The summed E-state index contributed by atoms with van der Waals surface area (Å²) in [7, 11) is 0. The molecule has 0 fully saturated rings. The summed E-state index contributed by atoms with van der Waals surface area (Å²) in [5.41, 5.74) is 7.81.